The van der Waals surface area contributed by atoms with Crippen LogP contribution in [-0.4, -0.2) is 28.5 Å². The Balaban J connectivity index is 1.36. The summed E-state index contributed by atoms with van der Waals surface area (Å²) in [6, 6.07) is 19.9. The summed E-state index contributed by atoms with van der Waals surface area (Å²) in [6.07, 6.45) is 4.97. The lowest BCUT2D eigenvalue weighted by Crippen LogP contribution is -2.36. The first-order valence-corrected chi connectivity index (χ1v) is 12.3. The normalized spacial score (nSPS) is 22.7. The van der Waals surface area contributed by atoms with Crippen molar-refractivity contribution in [1.29, 1.82) is 0 Å². The molecule has 1 saturated heterocycles. The number of fused-ring (bicyclic) bond motifs is 2. The van der Waals surface area contributed by atoms with Crippen molar-refractivity contribution in [2.75, 3.05) is 22.6 Å². The van der Waals surface area contributed by atoms with Crippen molar-refractivity contribution in [2.45, 2.75) is 52.0 Å². The Morgan fingerprint density at radius 1 is 1.00 bits per heavy atom. The third kappa shape index (κ3) is 4.67. The van der Waals surface area contributed by atoms with E-state index in [-0.39, 0.29) is 11.3 Å². The number of anilines is 3. The SMILES string of the molecule is CC1(C)CC2CC(C)(CN2c2ncnc(NNC(=O)C(c3ccccc3)c3ccccc3)c2N)C1. The molecule has 0 spiro atoms. The highest BCUT2D eigenvalue weighted by molar-refractivity contribution is 5.88. The molecule has 1 aliphatic heterocycles. The van der Waals surface area contributed by atoms with Crippen LogP contribution < -0.4 is 21.5 Å². The Kier molecular flexibility index (Phi) is 5.87. The second-order valence-corrected chi connectivity index (χ2v) is 11.2. The molecule has 2 bridgehead atoms. The number of nitrogens with zero attached hydrogens (tertiary/aromatic N) is 3. The molecule has 3 aromatic rings. The van der Waals surface area contributed by atoms with Crippen molar-refractivity contribution in [1.82, 2.24) is 15.4 Å². The number of hydrogen-bond acceptors (Lipinski definition) is 6. The van der Waals surface area contributed by atoms with Crippen molar-refractivity contribution >= 4 is 23.2 Å². The summed E-state index contributed by atoms with van der Waals surface area (Å²) >= 11 is 0. The number of nitrogen functional groups attached to an aromatic ring is 1. The fourth-order valence-electron chi connectivity index (χ4n) is 6.40. The van der Waals surface area contributed by atoms with E-state index in [0.29, 0.717) is 23.0 Å². The average molecular weight is 471 g/mol. The smallest absolute Gasteiger partial charge is 0.250 e. The molecule has 1 aromatic heterocycles. The molecule has 0 radical (unpaired) electrons. The number of carbonyl (C=O) groups is 1. The third-order valence-corrected chi connectivity index (χ3v) is 7.38. The minimum atomic E-state index is -0.465. The van der Waals surface area contributed by atoms with Crippen LogP contribution in [0.1, 0.15) is 57.1 Å². The summed E-state index contributed by atoms with van der Waals surface area (Å²) in [4.78, 5) is 24.6. The minimum Gasteiger partial charge on any atom is -0.393 e. The van der Waals surface area contributed by atoms with Gasteiger partial charge < -0.3 is 10.6 Å². The highest BCUT2D eigenvalue weighted by atomic mass is 16.2. The van der Waals surface area contributed by atoms with Gasteiger partial charge in [-0.25, -0.2) is 9.97 Å². The number of hydrogen-bond donors (Lipinski definition) is 3. The summed E-state index contributed by atoms with van der Waals surface area (Å²) in [5.41, 5.74) is 15.2. The molecule has 2 unspecified atom stereocenters. The molecule has 35 heavy (non-hydrogen) atoms. The molecule has 182 valence electrons. The third-order valence-electron chi connectivity index (χ3n) is 7.38. The predicted octanol–water partition coefficient (Wildman–Crippen LogP) is 4.74. The molecule has 7 nitrogen and oxygen atoms in total. The molecule has 2 heterocycles. The van der Waals surface area contributed by atoms with Gasteiger partial charge in [-0.15, -0.1) is 0 Å². The summed E-state index contributed by atoms with van der Waals surface area (Å²) in [6.45, 7) is 7.99. The van der Waals surface area contributed by atoms with Gasteiger partial charge in [0, 0.05) is 12.6 Å². The van der Waals surface area contributed by atoms with Gasteiger partial charge in [-0.1, -0.05) is 81.4 Å². The van der Waals surface area contributed by atoms with Crippen molar-refractivity contribution in [3.63, 3.8) is 0 Å². The standard InChI is InChI=1S/C28H34N6O/c1-27(2)14-21-15-28(3,16-27)17-34(21)25-23(29)24(30-18-31-25)32-33-26(35)22(19-10-6-4-7-11-19)20-12-8-5-9-13-20/h4-13,18,21-22H,14-17,29H2,1-3H3,(H,33,35)(H,30,31,32). The van der Waals surface area contributed by atoms with Crippen molar-refractivity contribution in [2.24, 2.45) is 10.8 Å². The van der Waals surface area contributed by atoms with Gasteiger partial charge in [-0.3, -0.25) is 15.6 Å². The second kappa shape index (κ2) is 8.87. The quantitative estimate of drug-likeness (QED) is 0.451. The number of hydrazine groups is 1. The van der Waals surface area contributed by atoms with E-state index in [1.807, 2.05) is 60.7 Å². The molecule has 5 rings (SSSR count). The van der Waals surface area contributed by atoms with Crippen LogP contribution in [0.2, 0.25) is 0 Å². The van der Waals surface area contributed by atoms with Crippen LogP contribution in [-0.2, 0) is 4.79 Å². The van der Waals surface area contributed by atoms with Crippen molar-refractivity contribution in [3.8, 4) is 0 Å². The number of nitrogens with one attached hydrogen (secondary N) is 2. The maximum Gasteiger partial charge on any atom is 0.250 e. The van der Waals surface area contributed by atoms with E-state index in [1.165, 1.54) is 12.7 Å². The van der Waals surface area contributed by atoms with Crippen LogP contribution in [0, 0.1) is 10.8 Å². The van der Waals surface area contributed by atoms with Gasteiger partial charge in [0.05, 0.1) is 5.92 Å². The van der Waals surface area contributed by atoms with Crippen LogP contribution in [0.4, 0.5) is 17.3 Å². The molecule has 1 saturated carbocycles. The first kappa shape index (κ1) is 23.1. The molecule has 2 aliphatic rings. The number of benzene rings is 2. The topological polar surface area (TPSA) is 96.2 Å². The van der Waals surface area contributed by atoms with Gasteiger partial charge >= 0.3 is 0 Å². The molecule has 1 aliphatic carbocycles. The Hall–Kier alpha value is -3.61. The first-order chi connectivity index (χ1) is 16.7. The monoisotopic (exact) mass is 470 g/mol. The van der Waals surface area contributed by atoms with E-state index in [0.717, 1.165) is 36.3 Å². The predicted molar refractivity (Wildman–Crippen MR) is 140 cm³/mol. The lowest BCUT2D eigenvalue weighted by Gasteiger charge is -2.39. The van der Waals surface area contributed by atoms with E-state index in [1.54, 1.807) is 0 Å². The zero-order valence-corrected chi connectivity index (χ0v) is 20.7. The summed E-state index contributed by atoms with van der Waals surface area (Å²) in [5.74, 6) is 0.501. The first-order valence-electron chi connectivity index (χ1n) is 12.3. The molecule has 4 N–H and O–H groups in total. The highest BCUT2D eigenvalue weighted by Crippen LogP contribution is 2.53. The molecular formula is C28H34N6O. The van der Waals surface area contributed by atoms with E-state index >= 15 is 0 Å². The van der Waals surface area contributed by atoms with E-state index in [2.05, 4.69) is 46.5 Å². The molecule has 2 aromatic carbocycles. The van der Waals surface area contributed by atoms with Gasteiger partial charge in [0.2, 0.25) is 5.91 Å². The average Bonchev–Trinajstić information content (AvgIpc) is 3.08. The second-order valence-electron chi connectivity index (χ2n) is 11.2. The van der Waals surface area contributed by atoms with Crippen LogP contribution in [0.15, 0.2) is 67.0 Å². The van der Waals surface area contributed by atoms with Crippen LogP contribution in [0.5, 0.6) is 0 Å². The fourth-order valence-corrected chi connectivity index (χ4v) is 6.40. The largest absolute Gasteiger partial charge is 0.393 e. The van der Waals surface area contributed by atoms with Crippen LogP contribution >= 0.6 is 0 Å². The zero-order valence-electron chi connectivity index (χ0n) is 20.7. The number of carbonyl (C=O) groups excluding carboxylic acids is 1. The summed E-state index contributed by atoms with van der Waals surface area (Å²) in [5, 5.41) is 0. The Labute approximate surface area is 207 Å². The number of amides is 1. The molecule has 2 fully saturated rings. The van der Waals surface area contributed by atoms with Gasteiger partial charge in [-0.2, -0.15) is 0 Å². The molecule has 2 atom stereocenters. The van der Waals surface area contributed by atoms with Crippen molar-refractivity contribution < 1.29 is 4.79 Å². The van der Waals surface area contributed by atoms with E-state index in [4.69, 9.17) is 5.73 Å². The maximum atomic E-state index is 13.4. The number of aromatic nitrogens is 2. The van der Waals surface area contributed by atoms with Crippen LogP contribution in [0.3, 0.4) is 0 Å². The van der Waals surface area contributed by atoms with Crippen molar-refractivity contribution in [3.05, 3.63) is 78.1 Å². The molecule has 7 heteroatoms. The number of rotatable bonds is 6. The maximum absolute atomic E-state index is 13.4. The summed E-state index contributed by atoms with van der Waals surface area (Å²) < 4.78 is 0. The van der Waals surface area contributed by atoms with Gasteiger partial charge in [0.15, 0.2) is 11.6 Å². The lowest BCUT2D eigenvalue weighted by atomic mass is 9.65. The number of nitrogens with two attached hydrogens (primary N) is 1. The zero-order chi connectivity index (χ0) is 24.6. The lowest BCUT2D eigenvalue weighted by molar-refractivity contribution is -0.121. The molecule has 1 amide bonds. The minimum absolute atomic E-state index is 0.187. The van der Waals surface area contributed by atoms with Gasteiger partial charge in [-0.05, 0) is 41.2 Å². The fraction of sp³-hybridized carbons (Fsp3) is 0.393. The molecular weight excluding hydrogens is 436 g/mol. The van der Waals surface area contributed by atoms with E-state index < -0.39 is 5.92 Å². The van der Waals surface area contributed by atoms with Gasteiger partial charge in [0.1, 0.15) is 12.0 Å². The summed E-state index contributed by atoms with van der Waals surface area (Å²) in [7, 11) is 0. The highest BCUT2D eigenvalue weighted by Gasteiger charge is 2.50. The van der Waals surface area contributed by atoms with E-state index in [9.17, 15) is 4.79 Å². The Morgan fingerprint density at radius 3 is 2.26 bits per heavy atom. The van der Waals surface area contributed by atoms with Gasteiger partial charge in [0.25, 0.3) is 0 Å². The Morgan fingerprint density at radius 2 is 1.63 bits per heavy atom. The van der Waals surface area contributed by atoms with Crippen LogP contribution in [0.25, 0.3) is 0 Å². The Bertz CT molecular complexity index is 1160.